The fourth-order valence-corrected chi connectivity index (χ4v) is 3.21. The maximum atomic E-state index is 12.8. The molecule has 1 aromatic rings. The highest BCUT2D eigenvalue weighted by molar-refractivity contribution is 5.87. The van der Waals surface area contributed by atoms with E-state index in [4.69, 9.17) is 0 Å². The van der Waals surface area contributed by atoms with E-state index in [1.165, 1.54) is 25.5 Å². The Bertz CT molecular complexity index is 580. The molecule has 1 aromatic carbocycles. The van der Waals surface area contributed by atoms with E-state index in [1.54, 1.807) is 11.9 Å². The number of hydrogen-bond donors (Lipinski definition) is 1. The van der Waals surface area contributed by atoms with Gasteiger partial charge in [0.05, 0.1) is 0 Å². The Kier molecular flexibility index (Phi) is 6.23. The minimum atomic E-state index is -0.480. The van der Waals surface area contributed by atoms with Crippen molar-refractivity contribution in [3.63, 3.8) is 0 Å². The SMILES string of the molecule is CC(=O)NC(C(=O)N(C)Cc1ccccc1N1CCCC1)C(C)C. The smallest absolute Gasteiger partial charge is 0.245 e. The van der Waals surface area contributed by atoms with Gasteiger partial charge in [0.15, 0.2) is 0 Å². The highest BCUT2D eigenvalue weighted by Gasteiger charge is 2.26. The summed E-state index contributed by atoms with van der Waals surface area (Å²) in [6, 6.07) is 7.80. The number of para-hydroxylation sites is 1. The van der Waals surface area contributed by atoms with Crippen LogP contribution >= 0.6 is 0 Å². The fourth-order valence-electron chi connectivity index (χ4n) is 3.21. The first-order valence-corrected chi connectivity index (χ1v) is 8.75. The zero-order valence-electron chi connectivity index (χ0n) is 15.2. The lowest BCUT2D eigenvalue weighted by atomic mass is 10.0. The van der Waals surface area contributed by atoms with E-state index < -0.39 is 6.04 Å². The van der Waals surface area contributed by atoms with E-state index in [2.05, 4.69) is 22.3 Å². The molecule has 1 atom stereocenters. The monoisotopic (exact) mass is 331 g/mol. The molecular weight excluding hydrogens is 302 g/mol. The zero-order valence-corrected chi connectivity index (χ0v) is 15.2. The molecule has 5 heteroatoms. The molecule has 1 saturated heterocycles. The van der Waals surface area contributed by atoms with Gasteiger partial charge in [-0.05, 0) is 30.4 Å². The molecule has 0 aliphatic carbocycles. The van der Waals surface area contributed by atoms with Crippen molar-refractivity contribution in [2.75, 3.05) is 25.0 Å². The van der Waals surface area contributed by atoms with Crippen molar-refractivity contribution in [1.82, 2.24) is 10.2 Å². The number of nitrogens with zero attached hydrogens (tertiary/aromatic N) is 2. The maximum Gasteiger partial charge on any atom is 0.245 e. The highest BCUT2D eigenvalue weighted by atomic mass is 16.2. The molecule has 0 bridgehead atoms. The van der Waals surface area contributed by atoms with E-state index in [9.17, 15) is 9.59 Å². The molecule has 1 aliphatic rings. The summed E-state index contributed by atoms with van der Waals surface area (Å²) in [6.45, 7) is 8.05. The number of nitrogens with one attached hydrogen (secondary N) is 1. The molecule has 1 aliphatic heterocycles. The average molecular weight is 331 g/mol. The van der Waals surface area contributed by atoms with Gasteiger partial charge in [-0.15, -0.1) is 0 Å². The summed E-state index contributed by atoms with van der Waals surface area (Å²) < 4.78 is 0. The number of amides is 2. The standard InChI is InChI=1S/C19H29N3O2/c1-14(2)18(20-15(3)23)19(24)21(4)13-16-9-5-6-10-17(16)22-11-7-8-12-22/h5-6,9-10,14,18H,7-8,11-13H2,1-4H3,(H,20,23). The Morgan fingerprint density at radius 2 is 1.83 bits per heavy atom. The van der Waals surface area contributed by atoms with Crippen molar-refractivity contribution < 1.29 is 9.59 Å². The molecule has 1 N–H and O–H groups in total. The second kappa shape index (κ2) is 8.18. The van der Waals surface area contributed by atoms with Crippen LogP contribution < -0.4 is 10.2 Å². The number of carbonyl (C=O) groups excluding carboxylic acids is 2. The predicted molar refractivity (Wildman–Crippen MR) is 96.8 cm³/mol. The topological polar surface area (TPSA) is 52.7 Å². The third kappa shape index (κ3) is 4.49. The van der Waals surface area contributed by atoms with Gasteiger partial charge in [-0.2, -0.15) is 0 Å². The lowest BCUT2D eigenvalue weighted by Crippen LogP contribution is -2.49. The van der Waals surface area contributed by atoms with Gasteiger partial charge in [-0.1, -0.05) is 32.0 Å². The predicted octanol–water partition coefficient (Wildman–Crippen LogP) is 2.41. The lowest BCUT2D eigenvalue weighted by molar-refractivity contribution is -0.136. The fraction of sp³-hybridized carbons (Fsp3) is 0.579. The number of hydrogen-bond acceptors (Lipinski definition) is 3. The molecule has 1 unspecified atom stereocenters. The van der Waals surface area contributed by atoms with Crippen LogP contribution in [0.25, 0.3) is 0 Å². The zero-order chi connectivity index (χ0) is 17.7. The average Bonchev–Trinajstić information content (AvgIpc) is 3.06. The summed E-state index contributed by atoms with van der Waals surface area (Å²) in [5.41, 5.74) is 2.37. The highest BCUT2D eigenvalue weighted by Crippen LogP contribution is 2.25. The lowest BCUT2D eigenvalue weighted by Gasteiger charge is -2.28. The molecule has 1 fully saturated rings. The van der Waals surface area contributed by atoms with Gasteiger partial charge in [0.2, 0.25) is 11.8 Å². The second-order valence-electron chi connectivity index (χ2n) is 6.94. The summed E-state index contributed by atoms with van der Waals surface area (Å²) in [5.74, 6) is -0.165. The molecule has 0 spiro atoms. The first kappa shape index (κ1) is 18.3. The Hall–Kier alpha value is -2.04. The number of benzene rings is 1. The molecule has 0 aromatic heterocycles. The van der Waals surface area contributed by atoms with Crippen LogP contribution in [0, 0.1) is 5.92 Å². The second-order valence-corrected chi connectivity index (χ2v) is 6.94. The Labute approximate surface area is 145 Å². The van der Waals surface area contributed by atoms with Crippen LogP contribution in [0.1, 0.15) is 39.2 Å². The normalized spacial score (nSPS) is 15.5. The van der Waals surface area contributed by atoms with Gasteiger partial charge in [0.25, 0.3) is 0 Å². The molecule has 0 radical (unpaired) electrons. The molecule has 24 heavy (non-hydrogen) atoms. The van der Waals surface area contributed by atoms with Crippen molar-refractivity contribution in [3.8, 4) is 0 Å². The summed E-state index contributed by atoms with van der Waals surface area (Å²) in [6.07, 6.45) is 2.45. The van der Waals surface area contributed by atoms with Gasteiger partial charge in [-0.25, -0.2) is 0 Å². The van der Waals surface area contributed by atoms with Crippen LogP contribution in [-0.4, -0.2) is 42.9 Å². The van der Waals surface area contributed by atoms with E-state index in [1.807, 2.05) is 26.0 Å². The van der Waals surface area contributed by atoms with E-state index in [0.717, 1.165) is 18.7 Å². The third-order valence-corrected chi connectivity index (χ3v) is 4.51. The van der Waals surface area contributed by atoms with Crippen LogP contribution in [-0.2, 0) is 16.1 Å². The summed E-state index contributed by atoms with van der Waals surface area (Å²) >= 11 is 0. The number of likely N-dealkylation sites (N-methyl/N-ethyl adjacent to an activating group) is 1. The molecule has 1 heterocycles. The minimum absolute atomic E-state index is 0.0450. The van der Waals surface area contributed by atoms with E-state index in [-0.39, 0.29) is 17.7 Å². The molecule has 5 nitrogen and oxygen atoms in total. The van der Waals surface area contributed by atoms with Crippen LogP contribution in [0.4, 0.5) is 5.69 Å². The van der Waals surface area contributed by atoms with Crippen LogP contribution in [0.15, 0.2) is 24.3 Å². The quantitative estimate of drug-likeness (QED) is 0.871. The molecule has 0 saturated carbocycles. The maximum absolute atomic E-state index is 12.8. The molecule has 2 amide bonds. The van der Waals surface area contributed by atoms with Crippen LogP contribution in [0.2, 0.25) is 0 Å². The molecule has 2 rings (SSSR count). The van der Waals surface area contributed by atoms with Crippen molar-refractivity contribution in [3.05, 3.63) is 29.8 Å². The number of anilines is 1. The van der Waals surface area contributed by atoms with Gasteiger partial charge < -0.3 is 15.1 Å². The summed E-state index contributed by atoms with van der Waals surface area (Å²) in [7, 11) is 1.81. The van der Waals surface area contributed by atoms with E-state index >= 15 is 0 Å². The van der Waals surface area contributed by atoms with Crippen molar-refractivity contribution in [1.29, 1.82) is 0 Å². The first-order valence-electron chi connectivity index (χ1n) is 8.75. The minimum Gasteiger partial charge on any atom is -0.371 e. The van der Waals surface area contributed by atoms with Crippen molar-refractivity contribution in [2.45, 2.75) is 46.2 Å². The Morgan fingerprint density at radius 1 is 1.21 bits per heavy atom. The van der Waals surface area contributed by atoms with Crippen molar-refractivity contribution >= 4 is 17.5 Å². The third-order valence-electron chi connectivity index (χ3n) is 4.51. The van der Waals surface area contributed by atoms with Gasteiger partial charge in [0, 0.05) is 39.3 Å². The van der Waals surface area contributed by atoms with Crippen molar-refractivity contribution in [2.24, 2.45) is 5.92 Å². The van der Waals surface area contributed by atoms with Crippen LogP contribution in [0.5, 0.6) is 0 Å². The molecular formula is C19H29N3O2. The summed E-state index contributed by atoms with van der Waals surface area (Å²) in [5, 5.41) is 2.77. The molecule has 132 valence electrons. The van der Waals surface area contributed by atoms with E-state index in [0.29, 0.717) is 6.54 Å². The van der Waals surface area contributed by atoms with Gasteiger partial charge >= 0.3 is 0 Å². The first-order chi connectivity index (χ1) is 11.4. The summed E-state index contributed by atoms with van der Waals surface area (Å²) in [4.78, 5) is 28.2. The Balaban J connectivity index is 2.12. The van der Waals surface area contributed by atoms with Gasteiger partial charge in [-0.3, -0.25) is 9.59 Å². The van der Waals surface area contributed by atoms with Gasteiger partial charge in [0.1, 0.15) is 6.04 Å². The number of carbonyl (C=O) groups is 2. The van der Waals surface area contributed by atoms with Crippen LogP contribution in [0.3, 0.4) is 0 Å². The Morgan fingerprint density at radius 3 is 2.42 bits per heavy atom. The number of rotatable bonds is 6. The largest absolute Gasteiger partial charge is 0.371 e.